The van der Waals surface area contributed by atoms with Crippen molar-refractivity contribution in [2.75, 3.05) is 45.0 Å². The second kappa shape index (κ2) is 8.23. The topological polar surface area (TPSA) is 41.4 Å². The van der Waals surface area contributed by atoms with Gasteiger partial charge in [0.15, 0.2) is 0 Å². The molecule has 0 unspecified atom stereocenters. The first-order valence-corrected chi connectivity index (χ1v) is 11.1. The summed E-state index contributed by atoms with van der Waals surface area (Å²) in [6, 6.07) is 1.81. The van der Waals surface area contributed by atoms with Crippen molar-refractivity contribution in [1.82, 2.24) is 19.6 Å². The number of aromatic nitrogens is 2. The first-order chi connectivity index (χ1) is 12.3. The van der Waals surface area contributed by atoms with E-state index in [1.165, 1.54) is 45.3 Å². The van der Waals surface area contributed by atoms with E-state index >= 15 is 0 Å². The van der Waals surface area contributed by atoms with E-state index in [4.69, 9.17) is 0 Å². The van der Waals surface area contributed by atoms with Gasteiger partial charge in [-0.25, -0.2) is 4.68 Å². The lowest BCUT2D eigenvalue weighted by Crippen LogP contribution is -2.48. The SMILES string of the molecule is O=c1cc2c(nn1CCN1CCN(CC3CCCC3)CC1)CCSC2. The van der Waals surface area contributed by atoms with Gasteiger partial charge < -0.3 is 4.90 Å². The van der Waals surface area contributed by atoms with Gasteiger partial charge in [0.25, 0.3) is 5.56 Å². The Morgan fingerprint density at radius 1 is 1.08 bits per heavy atom. The van der Waals surface area contributed by atoms with Crippen molar-refractivity contribution in [2.24, 2.45) is 5.92 Å². The molecule has 1 aromatic heterocycles. The summed E-state index contributed by atoms with van der Waals surface area (Å²) in [6.45, 7) is 7.59. The minimum atomic E-state index is 0.0705. The predicted molar refractivity (Wildman–Crippen MR) is 103 cm³/mol. The van der Waals surface area contributed by atoms with Gasteiger partial charge in [0.2, 0.25) is 0 Å². The number of hydrogen-bond donors (Lipinski definition) is 0. The van der Waals surface area contributed by atoms with Gasteiger partial charge >= 0.3 is 0 Å². The van der Waals surface area contributed by atoms with E-state index in [2.05, 4.69) is 14.9 Å². The Bertz CT molecular complexity index is 633. The molecule has 1 aromatic rings. The molecule has 5 nitrogen and oxygen atoms in total. The van der Waals surface area contributed by atoms with Crippen LogP contribution in [-0.4, -0.2) is 64.6 Å². The zero-order valence-corrected chi connectivity index (χ0v) is 16.0. The molecule has 1 aliphatic carbocycles. The van der Waals surface area contributed by atoms with E-state index < -0.39 is 0 Å². The summed E-state index contributed by atoms with van der Waals surface area (Å²) in [5, 5.41) is 4.63. The van der Waals surface area contributed by atoms with Gasteiger partial charge in [-0.2, -0.15) is 16.9 Å². The number of piperazine rings is 1. The van der Waals surface area contributed by atoms with E-state index in [0.29, 0.717) is 0 Å². The number of aryl methyl sites for hydroxylation is 1. The smallest absolute Gasteiger partial charge is 0.267 e. The molecule has 138 valence electrons. The van der Waals surface area contributed by atoms with Crippen LogP contribution in [0.25, 0.3) is 0 Å². The maximum atomic E-state index is 12.3. The Labute approximate surface area is 154 Å². The summed E-state index contributed by atoms with van der Waals surface area (Å²) in [6.07, 6.45) is 6.75. The van der Waals surface area contributed by atoms with Crippen molar-refractivity contribution in [3.8, 4) is 0 Å². The van der Waals surface area contributed by atoms with Gasteiger partial charge in [0.05, 0.1) is 12.2 Å². The summed E-state index contributed by atoms with van der Waals surface area (Å²) in [7, 11) is 0. The van der Waals surface area contributed by atoms with Crippen LogP contribution in [0.4, 0.5) is 0 Å². The maximum Gasteiger partial charge on any atom is 0.267 e. The molecular formula is C19H30N4OS. The number of thioether (sulfide) groups is 1. The zero-order chi connectivity index (χ0) is 17.1. The molecule has 0 bridgehead atoms. The van der Waals surface area contributed by atoms with Crippen LogP contribution in [0.2, 0.25) is 0 Å². The Kier molecular flexibility index (Phi) is 5.78. The van der Waals surface area contributed by atoms with Crippen LogP contribution in [0, 0.1) is 5.92 Å². The van der Waals surface area contributed by atoms with E-state index in [1.54, 1.807) is 4.68 Å². The summed E-state index contributed by atoms with van der Waals surface area (Å²) >= 11 is 1.90. The Morgan fingerprint density at radius 2 is 1.84 bits per heavy atom. The van der Waals surface area contributed by atoms with Crippen molar-refractivity contribution in [2.45, 2.75) is 44.4 Å². The average molecular weight is 363 g/mol. The maximum absolute atomic E-state index is 12.3. The van der Waals surface area contributed by atoms with Crippen LogP contribution < -0.4 is 5.56 Å². The molecule has 0 amide bonds. The third-order valence-corrected chi connectivity index (χ3v) is 7.00. The van der Waals surface area contributed by atoms with Gasteiger partial charge in [0.1, 0.15) is 0 Å². The molecule has 0 N–H and O–H groups in total. The van der Waals surface area contributed by atoms with Crippen LogP contribution in [-0.2, 0) is 18.7 Å². The molecule has 2 aliphatic heterocycles. The fourth-order valence-corrected chi connectivity index (χ4v) is 5.35. The second-order valence-electron chi connectivity index (χ2n) is 7.77. The van der Waals surface area contributed by atoms with Gasteiger partial charge in [0, 0.05) is 57.5 Å². The monoisotopic (exact) mass is 362 g/mol. The molecule has 1 saturated heterocycles. The lowest BCUT2D eigenvalue weighted by atomic mass is 10.1. The number of rotatable bonds is 5. The van der Waals surface area contributed by atoms with E-state index in [1.807, 2.05) is 17.8 Å². The van der Waals surface area contributed by atoms with Gasteiger partial charge in [-0.3, -0.25) is 9.69 Å². The predicted octanol–water partition coefficient (Wildman–Crippen LogP) is 1.84. The van der Waals surface area contributed by atoms with Crippen molar-refractivity contribution < 1.29 is 0 Å². The highest BCUT2D eigenvalue weighted by atomic mass is 32.2. The van der Waals surface area contributed by atoms with E-state index in [0.717, 1.165) is 61.3 Å². The van der Waals surface area contributed by atoms with Crippen molar-refractivity contribution >= 4 is 11.8 Å². The fraction of sp³-hybridized carbons (Fsp3) is 0.789. The minimum absolute atomic E-state index is 0.0705. The molecule has 3 aliphatic rings. The van der Waals surface area contributed by atoms with Crippen LogP contribution >= 0.6 is 11.8 Å². The van der Waals surface area contributed by atoms with Crippen molar-refractivity contribution in [3.05, 3.63) is 27.7 Å². The molecule has 0 spiro atoms. The molecule has 25 heavy (non-hydrogen) atoms. The van der Waals surface area contributed by atoms with Crippen LogP contribution in [0.1, 0.15) is 36.9 Å². The number of fused-ring (bicyclic) bond motifs is 1. The first-order valence-electron chi connectivity index (χ1n) is 9.90. The van der Waals surface area contributed by atoms with Gasteiger partial charge in [-0.1, -0.05) is 12.8 Å². The van der Waals surface area contributed by atoms with E-state index in [9.17, 15) is 4.79 Å². The van der Waals surface area contributed by atoms with Crippen LogP contribution in [0.15, 0.2) is 10.9 Å². The largest absolute Gasteiger partial charge is 0.301 e. The lowest BCUT2D eigenvalue weighted by molar-refractivity contribution is 0.114. The lowest BCUT2D eigenvalue weighted by Gasteiger charge is -2.35. The Morgan fingerprint density at radius 3 is 2.64 bits per heavy atom. The molecule has 0 atom stereocenters. The first kappa shape index (κ1) is 17.6. The zero-order valence-electron chi connectivity index (χ0n) is 15.2. The second-order valence-corrected chi connectivity index (χ2v) is 8.88. The van der Waals surface area contributed by atoms with Gasteiger partial charge in [-0.15, -0.1) is 0 Å². The average Bonchev–Trinajstić information content (AvgIpc) is 3.14. The highest BCUT2D eigenvalue weighted by Gasteiger charge is 2.22. The third-order valence-electron chi connectivity index (χ3n) is 5.99. The van der Waals surface area contributed by atoms with Crippen molar-refractivity contribution in [1.29, 1.82) is 0 Å². The van der Waals surface area contributed by atoms with Crippen LogP contribution in [0.5, 0.6) is 0 Å². The third kappa shape index (κ3) is 4.47. The number of nitrogens with zero attached hydrogens (tertiary/aromatic N) is 4. The minimum Gasteiger partial charge on any atom is -0.301 e. The summed E-state index contributed by atoms with van der Waals surface area (Å²) < 4.78 is 1.69. The molecule has 3 heterocycles. The summed E-state index contributed by atoms with van der Waals surface area (Å²) in [4.78, 5) is 17.4. The highest BCUT2D eigenvalue weighted by molar-refractivity contribution is 7.98. The summed E-state index contributed by atoms with van der Waals surface area (Å²) in [5.41, 5.74) is 2.36. The molecule has 0 aromatic carbocycles. The molecule has 6 heteroatoms. The Balaban J connectivity index is 1.26. The van der Waals surface area contributed by atoms with Crippen LogP contribution in [0.3, 0.4) is 0 Å². The molecule has 4 rings (SSSR count). The normalized spacial score (nSPS) is 23.0. The fourth-order valence-electron chi connectivity index (χ4n) is 4.40. The highest BCUT2D eigenvalue weighted by Crippen LogP contribution is 2.25. The molecule has 1 saturated carbocycles. The summed E-state index contributed by atoms with van der Waals surface area (Å²) in [5.74, 6) is 3.02. The van der Waals surface area contributed by atoms with E-state index in [-0.39, 0.29) is 5.56 Å². The standard InChI is InChI=1S/C19H30N4OS/c24-19-13-17-15-25-12-5-18(17)20-23(19)11-10-21-6-8-22(9-7-21)14-16-3-1-2-4-16/h13,16H,1-12,14-15H2. The molecular weight excluding hydrogens is 332 g/mol. The van der Waals surface area contributed by atoms with Crippen molar-refractivity contribution in [3.63, 3.8) is 0 Å². The van der Waals surface area contributed by atoms with Gasteiger partial charge in [-0.05, 0) is 30.1 Å². The number of hydrogen-bond acceptors (Lipinski definition) is 5. The molecule has 2 fully saturated rings. The quantitative estimate of drug-likeness (QED) is 0.799. The Hall–Kier alpha value is -0.850. The molecule has 0 radical (unpaired) electrons.